The van der Waals surface area contributed by atoms with Gasteiger partial charge in [0.2, 0.25) is 5.91 Å². The predicted octanol–water partition coefficient (Wildman–Crippen LogP) is 0.915. The van der Waals surface area contributed by atoms with E-state index in [1.807, 2.05) is 0 Å². The van der Waals surface area contributed by atoms with E-state index in [-0.39, 0.29) is 11.9 Å². The average molecular weight is 261 g/mol. The van der Waals surface area contributed by atoms with Gasteiger partial charge in [-0.1, -0.05) is 13.8 Å². The molecule has 3 N–H and O–H groups in total. The molecule has 1 atom stereocenters. The number of amides is 1. The highest BCUT2D eigenvalue weighted by molar-refractivity contribution is 7.98. The first-order valence-corrected chi connectivity index (χ1v) is 7.79. The van der Waals surface area contributed by atoms with Crippen molar-refractivity contribution in [1.29, 1.82) is 0 Å². The molecule has 1 amide bonds. The first-order chi connectivity index (χ1) is 8.15. The fourth-order valence-corrected chi connectivity index (χ4v) is 2.17. The Morgan fingerprint density at radius 3 is 2.53 bits per heavy atom. The molecule has 0 aliphatic heterocycles. The fourth-order valence-electron chi connectivity index (χ4n) is 1.71. The van der Waals surface area contributed by atoms with Gasteiger partial charge >= 0.3 is 0 Å². The molecule has 4 nitrogen and oxygen atoms in total. The molecule has 0 bridgehead atoms. The van der Waals surface area contributed by atoms with Crippen LogP contribution in [0.5, 0.6) is 0 Å². The van der Waals surface area contributed by atoms with Crippen LogP contribution in [0, 0.1) is 0 Å². The van der Waals surface area contributed by atoms with E-state index in [2.05, 4.69) is 30.3 Å². The van der Waals surface area contributed by atoms with Crippen LogP contribution in [0.2, 0.25) is 0 Å². The molecule has 1 unspecified atom stereocenters. The first kappa shape index (κ1) is 16.7. The zero-order valence-corrected chi connectivity index (χ0v) is 12.2. The van der Waals surface area contributed by atoms with Gasteiger partial charge in [0.05, 0.1) is 6.04 Å². The molecular weight excluding hydrogens is 234 g/mol. The van der Waals surface area contributed by atoms with Crippen molar-refractivity contribution < 1.29 is 4.79 Å². The maximum Gasteiger partial charge on any atom is 0.234 e. The molecule has 0 rings (SSSR count). The van der Waals surface area contributed by atoms with E-state index in [4.69, 9.17) is 5.73 Å². The lowest BCUT2D eigenvalue weighted by molar-refractivity contribution is -0.120. The molecule has 0 aromatic heterocycles. The molecule has 0 aliphatic rings. The Morgan fingerprint density at radius 2 is 2.06 bits per heavy atom. The third-order valence-corrected chi connectivity index (χ3v) is 3.59. The van der Waals surface area contributed by atoms with Gasteiger partial charge in [0.1, 0.15) is 0 Å². The molecule has 102 valence electrons. The number of carbonyl (C=O) groups excluding carboxylic acids is 1. The monoisotopic (exact) mass is 261 g/mol. The summed E-state index contributed by atoms with van der Waals surface area (Å²) in [5.41, 5.74) is 5.38. The molecular formula is C12H27N3OS. The molecule has 0 radical (unpaired) electrons. The van der Waals surface area contributed by atoms with E-state index in [9.17, 15) is 4.79 Å². The van der Waals surface area contributed by atoms with Crippen LogP contribution in [0.15, 0.2) is 0 Å². The second kappa shape index (κ2) is 10.9. The van der Waals surface area contributed by atoms with E-state index in [1.165, 1.54) is 0 Å². The number of hydrogen-bond acceptors (Lipinski definition) is 4. The van der Waals surface area contributed by atoms with Crippen LogP contribution in [0.4, 0.5) is 0 Å². The zero-order valence-electron chi connectivity index (χ0n) is 11.4. The number of nitrogens with two attached hydrogens (primary N) is 1. The topological polar surface area (TPSA) is 58.4 Å². The molecule has 0 aliphatic carbocycles. The Hall–Kier alpha value is -0.260. The summed E-state index contributed by atoms with van der Waals surface area (Å²) in [5.74, 6) is 0.854. The molecule has 0 saturated carbocycles. The number of hydrogen-bond donors (Lipinski definition) is 2. The minimum atomic E-state index is -0.231. The van der Waals surface area contributed by atoms with Gasteiger partial charge in [-0.05, 0) is 37.9 Å². The van der Waals surface area contributed by atoms with Crippen molar-refractivity contribution in [3.63, 3.8) is 0 Å². The quantitative estimate of drug-likeness (QED) is 0.543. The van der Waals surface area contributed by atoms with Crippen LogP contribution in [0.1, 0.15) is 26.7 Å². The van der Waals surface area contributed by atoms with E-state index in [1.54, 1.807) is 11.8 Å². The van der Waals surface area contributed by atoms with Crippen LogP contribution in [0.3, 0.4) is 0 Å². The number of nitrogens with zero attached hydrogens (tertiary/aromatic N) is 1. The fraction of sp³-hybridized carbons (Fsp3) is 0.917. The van der Waals surface area contributed by atoms with Crippen molar-refractivity contribution in [2.75, 3.05) is 38.2 Å². The van der Waals surface area contributed by atoms with Crippen LogP contribution in [-0.2, 0) is 4.79 Å². The summed E-state index contributed by atoms with van der Waals surface area (Å²) in [7, 11) is 0. The number of primary amides is 1. The Labute approximate surface area is 110 Å². The van der Waals surface area contributed by atoms with Gasteiger partial charge in [-0.15, -0.1) is 0 Å². The van der Waals surface area contributed by atoms with Gasteiger partial charge in [0.25, 0.3) is 0 Å². The van der Waals surface area contributed by atoms with Crippen LogP contribution < -0.4 is 11.1 Å². The Morgan fingerprint density at radius 1 is 1.41 bits per heavy atom. The van der Waals surface area contributed by atoms with Crippen molar-refractivity contribution in [3.8, 4) is 0 Å². The highest BCUT2D eigenvalue weighted by atomic mass is 32.2. The summed E-state index contributed by atoms with van der Waals surface area (Å²) in [6.07, 6.45) is 3.95. The minimum Gasteiger partial charge on any atom is -0.368 e. The highest BCUT2D eigenvalue weighted by Gasteiger charge is 2.13. The first-order valence-electron chi connectivity index (χ1n) is 6.39. The molecule has 0 saturated heterocycles. The second-order valence-corrected chi connectivity index (χ2v) is 5.06. The van der Waals surface area contributed by atoms with Gasteiger partial charge in [-0.25, -0.2) is 0 Å². The number of rotatable bonds is 11. The average Bonchev–Trinajstić information content (AvgIpc) is 2.32. The summed E-state index contributed by atoms with van der Waals surface area (Å²) >= 11 is 1.80. The van der Waals surface area contributed by atoms with Gasteiger partial charge in [-0.2, -0.15) is 11.8 Å². The molecule has 0 heterocycles. The lowest BCUT2D eigenvalue weighted by Gasteiger charge is -2.20. The van der Waals surface area contributed by atoms with Gasteiger partial charge < -0.3 is 16.0 Å². The molecule has 0 aromatic rings. The molecule has 17 heavy (non-hydrogen) atoms. The standard InChI is InChI=1S/C12H27N3OS/c1-4-15(5-2)9-8-14-11(12(13)16)7-6-10-17-3/h11,14H,4-10H2,1-3H3,(H2,13,16). The van der Waals surface area contributed by atoms with E-state index in [0.717, 1.165) is 44.8 Å². The maximum absolute atomic E-state index is 11.2. The lowest BCUT2D eigenvalue weighted by Crippen LogP contribution is -2.44. The van der Waals surface area contributed by atoms with Crippen LogP contribution >= 0.6 is 11.8 Å². The van der Waals surface area contributed by atoms with Crippen LogP contribution in [0.25, 0.3) is 0 Å². The van der Waals surface area contributed by atoms with E-state index >= 15 is 0 Å². The third kappa shape index (κ3) is 8.46. The largest absolute Gasteiger partial charge is 0.368 e. The Balaban J connectivity index is 3.80. The normalized spacial score (nSPS) is 12.9. The number of thioether (sulfide) groups is 1. The van der Waals surface area contributed by atoms with Crippen molar-refractivity contribution in [3.05, 3.63) is 0 Å². The predicted molar refractivity (Wildman–Crippen MR) is 76.4 cm³/mol. The van der Waals surface area contributed by atoms with E-state index in [0.29, 0.717) is 0 Å². The minimum absolute atomic E-state index is 0.169. The van der Waals surface area contributed by atoms with Crippen molar-refractivity contribution in [2.24, 2.45) is 5.73 Å². The summed E-state index contributed by atoms with van der Waals surface area (Å²) in [5, 5.41) is 3.25. The molecule has 0 aromatic carbocycles. The summed E-state index contributed by atoms with van der Waals surface area (Å²) in [6.45, 7) is 8.19. The maximum atomic E-state index is 11.2. The smallest absolute Gasteiger partial charge is 0.234 e. The van der Waals surface area contributed by atoms with Crippen molar-refractivity contribution >= 4 is 17.7 Å². The number of carbonyl (C=O) groups is 1. The SMILES string of the molecule is CCN(CC)CCNC(CCCSC)C(N)=O. The summed E-state index contributed by atoms with van der Waals surface area (Å²) in [6, 6.07) is -0.169. The highest BCUT2D eigenvalue weighted by Crippen LogP contribution is 2.02. The Bertz CT molecular complexity index is 198. The zero-order chi connectivity index (χ0) is 13.1. The summed E-state index contributed by atoms with van der Waals surface area (Å²) < 4.78 is 0. The second-order valence-electron chi connectivity index (χ2n) is 4.07. The molecule has 0 fully saturated rings. The van der Waals surface area contributed by atoms with Crippen molar-refractivity contribution in [1.82, 2.24) is 10.2 Å². The van der Waals surface area contributed by atoms with Gasteiger partial charge in [-0.3, -0.25) is 4.79 Å². The molecule has 5 heteroatoms. The van der Waals surface area contributed by atoms with Gasteiger partial charge in [0, 0.05) is 13.1 Å². The van der Waals surface area contributed by atoms with Crippen LogP contribution in [-0.4, -0.2) is 55.0 Å². The van der Waals surface area contributed by atoms with Gasteiger partial charge in [0.15, 0.2) is 0 Å². The van der Waals surface area contributed by atoms with E-state index < -0.39 is 0 Å². The summed E-state index contributed by atoms with van der Waals surface area (Å²) in [4.78, 5) is 13.6. The molecule has 0 spiro atoms. The third-order valence-electron chi connectivity index (χ3n) is 2.90. The van der Waals surface area contributed by atoms with Crippen molar-refractivity contribution in [2.45, 2.75) is 32.7 Å². The Kier molecular flexibility index (Phi) is 10.7. The number of nitrogens with one attached hydrogen (secondary N) is 1. The lowest BCUT2D eigenvalue weighted by atomic mass is 10.1. The number of likely N-dealkylation sites (N-methyl/N-ethyl adjacent to an activating group) is 1.